The number of hydrogen-bond acceptors (Lipinski definition) is 19. The molecule has 19 nitrogen and oxygen atoms in total. The number of fused-ring (bicyclic) bond motifs is 8. The molecule has 7 aliphatic rings. The van der Waals surface area contributed by atoms with E-state index < -0.39 is 154 Å². The Morgan fingerprint density at radius 3 is 2.09 bits per heavy atom. The van der Waals surface area contributed by atoms with Crippen LogP contribution in [-0.2, 0) is 30.3 Å². The van der Waals surface area contributed by atoms with Crippen LogP contribution in [0.4, 0.5) is 0 Å². The molecule has 6 aliphatic carbocycles. The smallest absolute Gasteiger partial charge is 0.311 e. The number of esters is 1. The topological polar surface area (TPSA) is 330 Å². The first kappa shape index (κ1) is 61.3. The summed E-state index contributed by atoms with van der Waals surface area (Å²) in [5, 5.41) is 98.9. The minimum absolute atomic E-state index is 0.00178. The van der Waals surface area contributed by atoms with E-state index in [9.17, 15) is 69.9 Å². The number of aromatic hydroxyl groups is 1. The Bertz CT molecular complexity index is 2790. The summed E-state index contributed by atoms with van der Waals surface area (Å²) in [5.41, 5.74) is -1.87. The standard InChI is InChI=1S/C41H55NO12.C20H28O6/c1-4-5-6-7-8-9-10-11-12-13-14-18-30(45)54-40-25-20-41(50,29(44)22-43)21-28(53-31-19-26(42)36(46)23(2)52-31)33(25)39(49)34-35(40)37(47)24-16-15-17-27(51-3)32(24)38(34)48;1-9-5-13-18(24,15(9)22)7-11(8-21)6-12-14-17(3,4)20(14,26)16(23)10(2)19(12,13)25/h15-17,23,26,28,31,36,43,46,49-50H,4-14,18-22,42H2,1-3H3;5-6,10,12-14,16,21,23-26H,7-8H2,1-4H3/t23-,26-,28-,31-,36+,41-;10-,12+,13-,14-,16-,18-,19-,20-/m01/s1. The number of rotatable bonds is 19. The molecule has 0 radical (unpaired) electrons. The number of nitrogens with two attached hydrogens (primary N) is 1. The van der Waals surface area contributed by atoms with Crippen molar-refractivity contribution in [3.05, 3.63) is 74.9 Å². The quantitative estimate of drug-likeness (QED) is 0.0332. The lowest BCUT2D eigenvalue weighted by atomic mass is 9.59. The zero-order valence-corrected chi connectivity index (χ0v) is 47.2. The van der Waals surface area contributed by atoms with Gasteiger partial charge in [-0.2, -0.15) is 0 Å². The van der Waals surface area contributed by atoms with Gasteiger partial charge in [0.25, 0.3) is 0 Å². The third-order valence-electron chi connectivity index (χ3n) is 19.0. The maximum absolute atomic E-state index is 14.3. The largest absolute Gasteiger partial charge is 0.507 e. The second kappa shape index (κ2) is 23.5. The van der Waals surface area contributed by atoms with Gasteiger partial charge in [-0.25, -0.2) is 0 Å². The maximum Gasteiger partial charge on any atom is 0.311 e. The average molecular weight is 1120 g/mol. The van der Waals surface area contributed by atoms with Gasteiger partial charge < -0.3 is 70.6 Å². The first-order valence-corrected chi connectivity index (χ1v) is 28.6. The maximum atomic E-state index is 14.3. The molecule has 440 valence electrons. The van der Waals surface area contributed by atoms with Gasteiger partial charge in [-0.3, -0.25) is 24.0 Å². The van der Waals surface area contributed by atoms with Crippen molar-refractivity contribution in [1.29, 1.82) is 0 Å². The first-order valence-electron chi connectivity index (χ1n) is 28.6. The molecule has 14 atom stereocenters. The zero-order chi connectivity index (χ0) is 58.6. The van der Waals surface area contributed by atoms with Gasteiger partial charge in [0.1, 0.15) is 40.7 Å². The molecule has 2 saturated carbocycles. The molecule has 9 rings (SSSR count). The monoisotopic (exact) mass is 1120 g/mol. The number of carbonyl (C=O) groups is 5. The van der Waals surface area contributed by atoms with E-state index in [1.165, 1.54) is 63.8 Å². The molecule has 1 aliphatic heterocycles. The van der Waals surface area contributed by atoms with Crippen molar-refractivity contribution in [3.63, 3.8) is 0 Å². The van der Waals surface area contributed by atoms with Gasteiger partial charge in [0.15, 0.2) is 23.6 Å². The van der Waals surface area contributed by atoms with Crippen LogP contribution in [0.5, 0.6) is 17.2 Å². The van der Waals surface area contributed by atoms with Crippen molar-refractivity contribution in [2.45, 2.75) is 203 Å². The Morgan fingerprint density at radius 2 is 1.49 bits per heavy atom. The van der Waals surface area contributed by atoms with Crippen LogP contribution in [0.3, 0.4) is 0 Å². The number of phenols is 1. The van der Waals surface area contributed by atoms with Crippen molar-refractivity contribution < 1.29 is 88.9 Å². The number of aliphatic hydroxyl groups excluding tert-OH is 4. The Balaban J connectivity index is 0.000000268. The van der Waals surface area contributed by atoms with Crippen molar-refractivity contribution in [3.8, 4) is 17.2 Å². The fourth-order valence-corrected chi connectivity index (χ4v) is 14.4. The predicted octanol–water partition coefficient (Wildman–Crippen LogP) is 4.83. The Morgan fingerprint density at radius 1 is 0.850 bits per heavy atom. The highest BCUT2D eigenvalue weighted by atomic mass is 16.7. The Kier molecular flexibility index (Phi) is 18.0. The number of Topliss-reactive ketones (excluding diaryl/α,β-unsaturated/α-hetero) is 2. The second-order valence-corrected chi connectivity index (χ2v) is 24.3. The van der Waals surface area contributed by atoms with E-state index in [1.807, 2.05) is 13.8 Å². The lowest BCUT2D eigenvalue weighted by Crippen LogP contribution is -2.65. The molecule has 0 spiro atoms. The minimum atomic E-state index is -2.30. The highest BCUT2D eigenvalue weighted by Gasteiger charge is 2.84. The number of benzene rings is 2. The number of aliphatic hydroxyl groups is 8. The molecule has 0 bridgehead atoms. The third-order valence-corrected chi connectivity index (χ3v) is 19.0. The van der Waals surface area contributed by atoms with Gasteiger partial charge in [0.2, 0.25) is 5.78 Å². The molecule has 0 unspecified atom stereocenters. The van der Waals surface area contributed by atoms with Crippen LogP contribution in [0.15, 0.2) is 41.5 Å². The lowest BCUT2D eigenvalue weighted by molar-refractivity contribution is -0.247. The fraction of sp³-hybridized carbons (Fsp3) is 0.656. The van der Waals surface area contributed by atoms with Gasteiger partial charge in [-0.1, -0.05) is 116 Å². The molecule has 0 aromatic heterocycles. The summed E-state index contributed by atoms with van der Waals surface area (Å²) in [5.74, 6) is -7.26. The molecule has 2 aromatic rings. The summed E-state index contributed by atoms with van der Waals surface area (Å²) < 4.78 is 23.5. The van der Waals surface area contributed by atoms with Crippen molar-refractivity contribution in [2.75, 3.05) is 20.3 Å². The van der Waals surface area contributed by atoms with E-state index in [1.54, 1.807) is 32.9 Å². The molecule has 80 heavy (non-hydrogen) atoms. The fourth-order valence-electron chi connectivity index (χ4n) is 14.4. The summed E-state index contributed by atoms with van der Waals surface area (Å²) in [6.07, 6.45) is 8.58. The highest BCUT2D eigenvalue weighted by Crippen LogP contribution is 2.75. The van der Waals surface area contributed by atoms with E-state index >= 15 is 0 Å². The summed E-state index contributed by atoms with van der Waals surface area (Å²) in [6, 6.07) is 3.70. The first-order chi connectivity index (χ1) is 37.7. The molecular weight excluding hydrogens is 1030 g/mol. The number of unbranched alkanes of at least 4 members (excludes halogenated alkanes) is 10. The van der Waals surface area contributed by atoms with Gasteiger partial charge >= 0.3 is 5.97 Å². The van der Waals surface area contributed by atoms with Crippen LogP contribution in [0.25, 0.3) is 0 Å². The third kappa shape index (κ3) is 10.3. The molecule has 1 heterocycles. The van der Waals surface area contributed by atoms with Gasteiger partial charge in [-0.15, -0.1) is 0 Å². The Labute approximate surface area is 467 Å². The average Bonchev–Trinajstić information content (AvgIpc) is 3.53. The lowest BCUT2D eigenvalue weighted by Gasteiger charge is -2.51. The number of hydrogen-bond donors (Lipinski definition) is 10. The van der Waals surface area contributed by atoms with Crippen LogP contribution in [0, 0.1) is 29.1 Å². The predicted molar refractivity (Wildman–Crippen MR) is 290 cm³/mol. The summed E-state index contributed by atoms with van der Waals surface area (Å²) in [6.45, 7) is 9.38. The molecule has 19 heteroatoms. The summed E-state index contributed by atoms with van der Waals surface area (Å²) in [7, 11) is 1.34. The summed E-state index contributed by atoms with van der Waals surface area (Å²) in [4.78, 5) is 68.0. The van der Waals surface area contributed by atoms with Gasteiger partial charge in [-0.05, 0) is 37.5 Å². The van der Waals surface area contributed by atoms with Gasteiger partial charge in [0.05, 0.1) is 60.4 Å². The number of carbonyl (C=O) groups excluding carboxylic acids is 5. The van der Waals surface area contributed by atoms with E-state index in [0.29, 0.717) is 17.6 Å². The molecule has 0 amide bonds. The van der Waals surface area contributed by atoms with Crippen molar-refractivity contribution in [2.24, 2.45) is 34.8 Å². The van der Waals surface area contributed by atoms with Gasteiger partial charge in [0, 0.05) is 83.9 Å². The SMILES string of the molecule is CC1=C[C@H]2[C@@]3(O)[C@H](C)[C@@H](O)[C@]4(O)[C@H]([C@@H]3C=C(CO)C[C@]2(O)C1=O)C4(C)C.CCCCCCCCCCCCCC(=O)Oc1c2c(c(O)c3c1C(=O)c1cccc(OC)c1C3=O)[C@@H](O[C@H]1C[C@H](N)[C@H](O)[C@H](C)O1)C[C@](O)(C(=O)CO)C2. The normalized spacial score (nSPS) is 34.4. The van der Waals surface area contributed by atoms with Crippen LogP contribution < -0.4 is 15.2 Å². The number of ketones is 4. The Hall–Kier alpha value is -4.77. The number of methoxy groups -OCH3 is 1. The van der Waals surface area contributed by atoms with E-state index in [2.05, 4.69) is 6.92 Å². The van der Waals surface area contributed by atoms with Crippen LogP contribution in [-0.4, -0.2) is 148 Å². The van der Waals surface area contributed by atoms with Crippen LogP contribution in [0.1, 0.15) is 187 Å². The zero-order valence-electron chi connectivity index (χ0n) is 47.2. The van der Waals surface area contributed by atoms with Crippen molar-refractivity contribution >= 4 is 29.1 Å². The molecule has 1 saturated heterocycles. The van der Waals surface area contributed by atoms with Crippen LogP contribution in [0.2, 0.25) is 0 Å². The van der Waals surface area contributed by atoms with Crippen molar-refractivity contribution in [1.82, 2.24) is 0 Å². The molecule has 11 N–H and O–H groups in total. The highest BCUT2D eigenvalue weighted by molar-refractivity contribution is 6.31. The van der Waals surface area contributed by atoms with E-state index in [0.717, 1.165) is 25.7 Å². The van der Waals surface area contributed by atoms with E-state index in [4.69, 9.17) is 24.7 Å². The summed E-state index contributed by atoms with van der Waals surface area (Å²) >= 11 is 0. The molecular formula is C61H83NO18. The van der Waals surface area contributed by atoms with E-state index in [-0.39, 0.29) is 59.6 Å². The number of ether oxygens (including phenoxy) is 4. The molecule has 2 aromatic carbocycles. The van der Waals surface area contributed by atoms with Crippen LogP contribution >= 0.6 is 0 Å². The molecule has 3 fully saturated rings. The second-order valence-electron chi connectivity index (χ2n) is 24.3. The minimum Gasteiger partial charge on any atom is -0.507 e. The number of phenolic OH excluding ortho intramolecular Hbond substituents is 1.